The maximum Gasteiger partial charge on any atom is 0.124 e. The van der Waals surface area contributed by atoms with Crippen molar-refractivity contribution in [1.29, 1.82) is 0 Å². The van der Waals surface area contributed by atoms with Gasteiger partial charge in [0.1, 0.15) is 11.5 Å². The van der Waals surface area contributed by atoms with E-state index in [9.17, 15) is 0 Å². The first kappa shape index (κ1) is 13.1. The quantitative estimate of drug-likeness (QED) is 0.826. The van der Waals surface area contributed by atoms with Crippen molar-refractivity contribution in [3.63, 3.8) is 0 Å². The molecule has 0 saturated heterocycles. The Morgan fingerprint density at radius 1 is 1.00 bits per heavy atom. The van der Waals surface area contributed by atoms with E-state index >= 15 is 0 Å². The Morgan fingerprint density at radius 3 is 2.21 bits per heavy atom. The van der Waals surface area contributed by atoms with Crippen LogP contribution in [-0.2, 0) is 0 Å². The van der Waals surface area contributed by atoms with Crippen LogP contribution in [0.2, 0.25) is 0 Å². The number of benzene rings is 2. The van der Waals surface area contributed by atoms with Crippen molar-refractivity contribution in [3.05, 3.63) is 42.0 Å². The van der Waals surface area contributed by atoms with Gasteiger partial charge in [0.25, 0.3) is 0 Å². The van der Waals surface area contributed by atoms with Gasteiger partial charge in [-0.25, -0.2) is 0 Å². The summed E-state index contributed by atoms with van der Waals surface area (Å²) in [5.74, 6) is 1.48. The zero-order valence-electron chi connectivity index (χ0n) is 11.4. The molecule has 0 aliphatic rings. The molecule has 0 aliphatic heterocycles. The van der Waals surface area contributed by atoms with E-state index in [0.717, 1.165) is 34.1 Å². The molecule has 4 heteroatoms. The summed E-state index contributed by atoms with van der Waals surface area (Å²) in [5.41, 5.74) is 9.54. The number of hydrogen-bond acceptors (Lipinski definition) is 4. The number of ether oxygens (including phenoxy) is 2. The Bertz CT molecular complexity index is 560. The van der Waals surface area contributed by atoms with Gasteiger partial charge in [0.2, 0.25) is 0 Å². The second-order valence-electron chi connectivity index (χ2n) is 4.25. The molecule has 0 fully saturated rings. The van der Waals surface area contributed by atoms with Crippen LogP contribution in [0.1, 0.15) is 5.56 Å². The molecule has 2 aromatic carbocycles. The molecule has 0 amide bonds. The largest absolute Gasteiger partial charge is 0.497 e. The fourth-order valence-corrected chi connectivity index (χ4v) is 1.82. The molecule has 100 valence electrons. The van der Waals surface area contributed by atoms with Crippen LogP contribution in [0, 0.1) is 6.92 Å². The third-order valence-corrected chi connectivity index (χ3v) is 3.01. The smallest absolute Gasteiger partial charge is 0.124 e. The van der Waals surface area contributed by atoms with Gasteiger partial charge in [-0.3, -0.25) is 0 Å². The van der Waals surface area contributed by atoms with Gasteiger partial charge in [0.05, 0.1) is 14.2 Å². The normalized spacial score (nSPS) is 10.1. The van der Waals surface area contributed by atoms with E-state index in [-0.39, 0.29) is 0 Å². The summed E-state index contributed by atoms with van der Waals surface area (Å²) in [5, 5.41) is 3.32. The average molecular weight is 258 g/mol. The van der Waals surface area contributed by atoms with E-state index in [1.807, 2.05) is 43.3 Å². The highest BCUT2D eigenvalue weighted by atomic mass is 16.5. The molecule has 0 saturated carbocycles. The fraction of sp³-hybridized carbons (Fsp3) is 0.200. The van der Waals surface area contributed by atoms with Crippen molar-refractivity contribution in [3.8, 4) is 11.5 Å². The van der Waals surface area contributed by atoms with Crippen molar-refractivity contribution in [1.82, 2.24) is 0 Å². The molecule has 0 aliphatic carbocycles. The summed E-state index contributed by atoms with van der Waals surface area (Å²) in [4.78, 5) is 0. The molecule has 0 bridgehead atoms. The topological polar surface area (TPSA) is 56.5 Å². The van der Waals surface area contributed by atoms with Crippen molar-refractivity contribution in [2.75, 3.05) is 25.3 Å². The maximum absolute atomic E-state index is 5.90. The summed E-state index contributed by atoms with van der Waals surface area (Å²) in [7, 11) is 3.26. The van der Waals surface area contributed by atoms with Crippen molar-refractivity contribution < 1.29 is 9.47 Å². The van der Waals surface area contributed by atoms with E-state index in [4.69, 9.17) is 15.2 Å². The highest BCUT2D eigenvalue weighted by molar-refractivity contribution is 5.70. The minimum atomic E-state index is 0.739. The zero-order valence-corrected chi connectivity index (χ0v) is 11.4. The van der Waals surface area contributed by atoms with Gasteiger partial charge in [0.15, 0.2) is 0 Å². The Kier molecular flexibility index (Phi) is 3.80. The minimum absolute atomic E-state index is 0.739. The molecule has 4 nitrogen and oxygen atoms in total. The van der Waals surface area contributed by atoms with Gasteiger partial charge in [0, 0.05) is 35.3 Å². The average Bonchev–Trinajstić information content (AvgIpc) is 2.43. The Hall–Kier alpha value is -2.36. The fourth-order valence-electron chi connectivity index (χ4n) is 1.82. The lowest BCUT2D eigenvalue weighted by atomic mass is 10.1. The molecular weight excluding hydrogens is 240 g/mol. The lowest BCUT2D eigenvalue weighted by Gasteiger charge is -2.13. The third kappa shape index (κ3) is 2.91. The van der Waals surface area contributed by atoms with Gasteiger partial charge in [-0.15, -0.1) is 0 Å². The Balaban J connectivity index is 2.34. The summed E-state index contributed by atoms with van der Waals surface area (Å²) in [6.45, 7) is 1.98. The molecule has 19 heavy (non-hydrogen) atoms. The Labute approximate surface area is 113 Å². The van der Waals surface area contributed by atoms with Crippen LogP contribution < -0.4 is 20.5 Å². The van der Waals surface area contributed by atoms with E-state index in [0.29, 0.717) is 0 Å². The van der Waals surface area contributed by atoms with E-state index < -0.39 is 0 Å². The molecule has 2 aromatic rings. The third-order valence-electron chi connectivity index (χ3n) is 3.01. The summed E-state index contributed by atoms with van der Waals surface area (Å²) >= 11 is 0. The van der Waals surface area contributed by atoms with Crippen LogP contribution >= 0.6 is 0 Å². The van der Waals surface area contributed by atoms with Crippen molar-refractivity contribution >= 4 is 17.1 Å². The molecule has 3 N–H and O–H groups in total. The number of nitrogen functional groups attached to an aromatic ring is 1. The summed E-state index contributed by atoms with van der Waals surface area (Å²) in [6, 6.07) is 11.4. The maximum atomic E-state index is 5.90. The zero-order chi connectivity index (χ0) is 13.8. The summed E-state index contributed by atoms with van der Waals surface area (Å²) < 4.78 is 10.5. The second-order valence-corrected chi connectivity index (χ2v) is 4.25. The highest BCUT2D eigenvalue weighted by Gasteiger charge is 2.05. The first-order chi connectivity index (χ1) is 9.13. The van der Waals surface area contributed by atoms with E-state index in [2.05, 4.69) is 5.32 Å². The first-order valence-corrected chi connectivity index (χ1v) is 5.99. The molecule has 0 radical (unpaired) electrons. The van der Waals surface area contributed by atoms with Gasteiger partial charge in [-0.05, 0) is 24.6 Å². The predicted molar refractivity (Wildman–Crippen MR) is 78.4 cm³/mol. The molecule has 0 heterocycles. The molecule has 0 atom stereocenters. The number of methoxy groups -OCH3 is 2. The number of anilines is 3. The monoisotopic (exact) mass is 258 g/mol. The molecule has 0 unspecified atom stereocenters. The van der Waals surface area contributed by atoms with Gasteiger partial charge in [-0.2, -0.15) is 0 Å². The number of hydrogen-bond donors (Lipinski definition) is 2. The molecule has 0 spiro atoms. The predicted octanol–water partition coefficient (Wildman–Crippen LogP) is 3.34. The van der Waals surface area contributed by atoms with Crippen molar-refractivity contribution in [2.45, 2.75) is 6.92 Å². The standard InChI is InChI=1S/C15H18N2O2/c1-10-14(16)5-4-6-15(10)17-11-7-12(18-2)9-13(8-11)19-3/h4-9,17H,16H2,1-3H3. The first-order valence-electron chi connectivity index (χ1n) is 5.99. The molecule has 0 aromatic heterocycles. The van der Waals surface area contributed by atoms with E-state index in [1.165, 1.54) is 0 Å². The second kappa shape index (κ2) is 5.52. The minimum Gasteiger partial charge on any atom is -0.497 e. The number of nitrogens with one attached hydrogen (secondary N) is 1. The van der Waals surface area contributed by atoms with Crippen LogP contribution in [0.5, 0.6) is 11.5 Å². The van der Waals surface area contributed by atoms with Crippen LogP contribution in [0.15, 0.2) is 36.4 Å². The van der Waals surface area contributed by atoms with Crippen LogP contribution in [0.25, 0.3) is 0 Å². The van der Waals surface area contributed by atoms with Gasteiger partial charge < -0.3 is 20.5 Å². The van der Waals surface area contributed by atoms with Gasteiger partial charge in [-0.1, -0.05) is 6.07 Å². The summed E-state index contributed by atoms with van der Waals surface area (Å²) in [6.07, 6.45) is 0. The lowest BCUT2D eigenvalue weighted by molar-refractivity contribution is 0.395. The van der Waals surface area contributed by atoms with Crippen LogP contribution in [-0.4, -0.2) is 14.2 Å². The van der Waals surface area contributed by atoms with Crippen LogP contribution in [0.3, 0.4) is 0 Å². The van der Waals surface area contributed by atoms with Gasteiger partial charge >= 0.3 is 0 Å². The van der Waals surface area contributed by atoms with Crippen LogP contribution in [0.4, 0.5) is 17.1 Å². The number of nitrogens with two attached hydrogens (primary N) is 1. The SMILES string of the molecule is COc1cc(Nc2cccc(N)c2C)cc(OC)c1. The molecular formula is C15H18N2O2. The lowest BCUT2D eigenvalue weighted by Crippen LogP contribution is -1.98. The highest BCUT2D eigenvalue weighted by Crippen LogP contribution is 2.30. The van der Waals surface area contributed by atoms with E-state index in [1.54, 1.807) is 14.2 Å². The number of rotatable bonds is 4. The Morgan fingerprint density at radius 2 is 1.63 bits per heavy atom. The van der Waals surface area contributed by atoms with Crippen molar-refractivity contribution in [2.24, 2.45) is 0 Å². The molecule has 2 rings (SSSR count).